The van der Waals surface area contributed by atoms with Crippen LogP contribution in [0.4, 0.5) is 5.69 Å². The molecule has 1 heterocycles. The van der Waals surface area contributed by atoms with Crippen LogP contribution in [0.25, 0.3) is 0 Å². The summed E-state index contributed by atoms with van der Waals surface area (Å²) in [6, 6.07) is 8.98. The number of amides is 1. The van der Waals surface area contributed by atoms with Crippen LogP contribution in [-0.2, 0) is 16.1 Å². The standard InChI is InChI=1S/C19H14Cl3N3O5/c1-10-23-17(25-30-10)8-28-12-4-2-11(3-5-12)19(27)29-9-18(26)24-16-7-14(21)13(20)6-15(16)22/h2-7H,8-9H2,1H3,(H,24,26). The van der Waals surface area contributed by atoms with Crippen LogP contribution in [0.1, 0.15) is 22.1 Å². The van der Waals surface area contributed by atoms with Gasteiger partial charge in [0.2, 0.25) is 11.7 Å². The Kier molecular flexibility index (Phi) is 7.15. The Bertz CT molecular complexity index is 1070. The highest BCUT2D eigenvalue weighted by Crippen LogP contribution is 2.32. The van der Waals surface area contributed by atoms with E-state index >= 15 is 0 Å². The van der Waals surface area contributed by atoms with Crippen LogP contribution in [0.2, 0.25) is 15.1 Å². The van der Waals surface area contributed by atoms with E-state index in [9.17, 15) is 9.59 Å². The summed E-state index contributed by atoms with van der Waals surface area (Å²) in [6.07, 6.45) is 0. The second-order valence-corrected chi connectivity index (χ2v) is 7.13. The number of rotatable bonds is 7. The largest absolute Gasteiger partial charge is 0.485 e. The molecule has 8 nitrogen and oxygen atoms in total. The highest BCUT2D eigenvalue weighted by Gasteiger charge is 2.13. The van der Waals surface area contributed by atoms with Gasteiger partial charge in [-0.1, -0.05) is 40.0 Å². The van der Waals surface area contributed by atoms with Crippen LogP contribution in [0.3, 0.4) is 0 Å². The molecule has 0 aliphatic heterocycles. The normalized spacial score (nSPS) is 10.5. The first-order valence-corrected chi connectivity index (χ1v) is 9.59. The third-order valence-electron chi connectivity index (χ3n) is 3.65. The number of hydrogen-bond acceptors (Lipinski definition) is 7. The van der Waals surface area contributed by atoms with E-state index in [1.165, 1.54) is 24.3 Å². The fourth-order valence-electron chi connectivity index (χ4n) is 2.25. The third-order valence-corrected chi connectivity index (χ3v) is 4.68. The number of aryl methyl sites for hydroxylation is 1. The van der Waals surface area contributed by atoms with Crippen molar-refractivity contribution in [2.24, 2.45) is 0 Å². The van der Waals surface area contributed by atoms with Gasteiger partial charge in [-0.3, -0.25) is 4.79 Å². The number of hydrogen-bond donors (Lipinski definition) is 1. The minimum absolute atomic E-state index is 0.124. The Labute approximate surface area is 186 Å². The van der Waals surface area contributed by atoms with Crippen LogP contribution >= 0.6 is 34.8 Å². The molecule has 1 amide bonds. The maximum absolute atomic E-state index is 12.1. The number of nitrogens with zero attached hydrogens (tertiary/aromatic N) is 2. The van der Waals surface area contributed by atoms with Crippen molar-refractivity contribution in [3.8, 4) is 5.75 Å². The summed E-state index contributed by atoms with van der Waals surface area (Å²) in [7, 11) is 0. The van der Waals surface area contributed by atoms with Crippen LogP contribution in [0.5, 0.6) is 5.75 Å². The molecule has 0 fully saturated rings. The predicted octanol–water partition coefficient (Wildman–Crippen LogP) is 4.71. The van der Waals surface area contributed by atoms with E-state index in [0.29, 0.717) is 17.5 Å². The van der Waals surface area contributed by atoms with Crippen LogP contribution in [-0.4, -0.2) is 28.6 Å². The summed E-state index contributed by atoms with van der Waals surface area (Å²) in [6.45, 7) is 1.29. The second-order valence-electron chi connectivity index (χ2n) is 5.91. The van der Waals surface area contributed by atoms with Gasteiger partial charge >= 0.3 is 5.97 Å². The smallest absolute Gasteiger partial charge is 0.338 e. The first-order valence-electron chi connectivity index (χ1n) is 8.45. The summed E-state index contributed by atoms with van der Waals surface area (Å²) in [4.78, 5) is 28.2. The summed E-state index contributed by atoms with van der Waals surface area (Å²) in [5.41, 5.74) is 0.503. The Balaban J connectivity index is 1.49. The number of nitrogens with one attached hydrogen (secondary N) is 1. The van der Waals surface area contributed by atoms with Gasteiger partial charge in [0.1, 0.15) is 5.75 Å². The Morgan fingerprint density at radius 2 is 1.77 bits per heavy atom. The molecule has 11 heteroatoms. The van der Waals surface area contributed by atoms with Gasteiger partial charge in [0.05, 0.1) is 26.3 Å². The zero-order chi connectivity index (χ0) is 21.7. The van der Waals surface area contributed by atoms with E-state index in [0.717, 1.165) is 0 Å². The van der Waals surface area contributed by atoms with Crippen LogP contribution < -0.4 is 10.1 Å². The Morgan fingerprint density at radius 3 is 2.43 bits per heavy atom. The van der Waals surface area contributed by atoms with Crippen LogP contribution in [0, 0.1) is 6.92 Å². The van der Waals surface area contributed by atoms with E-state index in [4.69, 9.17) is 48.8 Å². The number of esters is 1. The molecule has 1 aromatic heterocycles. The van der Waals surface area contributed by atoms with E-state index < -0.39 is 18.5 Å². The molecule has 30 heavy (non-hydrogen) atoms. The minimum Gasteiger partial charge on any atom is -0.485 e. The maximum atomic E-state index is 12.1. The minimum atomic E-state index is -0.675. The summed E-state index contributed by atoms with van der Waals surface area (Å²) in [5, 5.41) is 6.90. The lowest BCUT2D eigenvalue weighted by atomic mass is 10.2. The van der Waals surface area contributed by atoms with Crippen LogP contribution in [0.15, 0.2) is 40.9 Å². The third kappa shape index (κ3) is 5.85. The topological polar surface area (TPSA) is 104 Å². The highest BCUT2D eigenvalue weighted by molar-refractivity contribution is 6.44. The van der Waals surface area contributed by atoms with Crippen molar-refractivity contribution in [1.82, 2.24) is 10.1 Å². The number of carbonyl (C=O) groups excluding carboxylic acids is 2. The zero-order valence-electron chi connectivity index (χ0n) is 15.4. The second kappa shape index (κ2) is 9.80. The Morgan fingerprint density at radius 1 is 1.07 bits per heavy atom. The van der Waals surface area contributed by atoms with Gasteiger partial charge in [-0.05, 0) is 36.4 Å². The number of halogens is 3. The number of benzene rings is 2. The van der Waals surface area contributed by atoms with Crippen molar-refractivity contribution in [1.29, 1.82) is 0 Å². The number of aromatic nitrogens is 2. The van der Waals surface area contributed by atoms with Gasteiger partial charge in [0, 0.05) is 6.92 Å². The number of carbonyl (C=O) groups is 2. The fraction of sp³-hybridized carbons (Fsp3) is 0.158. The molecule has 0 saturated heterocycles. The fourth-order valence-corrected chi connectivity index (χ4v) is 2.85. The molecule has 0 aliphatic rings. The molecule has 0 unspecified atom stereocenters. The van der Waals surface area contributed by atoms with Gasteiger partial charge in [0.15, 0.2) is 13.2 Å². The van der Waals surface area contributed by atoms with E-state index in [-0.39, 0.29) is 32.9 Å². The summed E-state index contributed by atoms with van der Waals surface area (Å²) >= 11 is 17.7. The van der Waals surface area contributed by atoms with Crippen molar-refractivity contribution in [3.63, 3.8) is 0 Å². The maximum Gasteiger partial charge on any atom is 0.338 e. The molecule has 0 radical (unpaired) electrons. The quantitative estimate of drug-likeness (QED) is 0.394. The molecule has 0 saturated carbocycles. The van der Waals surface area contributed by atoms with E-state index in [1.807, 2.05) is 0 Å². The number of anilines is 1. The molecule has 0 aliphatic carbocycles. The van der Waals surface area contributed by atoms with Crippen molar-refractivity contribution in [2.75, 3.05) is 11.9 Å². The van der Waals surface area contributed by atoms with Gasteiger partial charge < -0.3 is 19.3 Å². The molecule has 0 bridgehead atoms. The van der Waals surface area contributed by atoms with Crippen molar-refractivity contribution in [2.45, 2.75) is 13.5 Å². The van der Waals surface area contributed by atoms with E-state index in [2.05, 4.69) is 15.5 Å². The van der Waals surface area contributed by atoms with Gasteiger partial charge in [-0.25, -0.2) is 4.79 Å². The molecule has 0 atom stereocenters. The lowest BCUT2D eigenvalue weighted by molar-refractivity contribution is -0.119. The predicted molar refractivity (Wildman–Crippen MR) is 110 cm³/mol. The monoisotopic (exact) mass is 469 g/mol. The molecule has 1 N–H and O–H groups in total. The van der Waals surface area contributed by atoms with Crippen molar-refractivity contribution < 1.29 is 23.6 Å². The SMILES string of the molecule is Cc1nc(COc2ccc(C(=O)OCC(=O)Nc3cc(Cl)c(Cl)cc3Cl)cc2)no1. The summed E-state index contributed by atoms with van der Waals surface area (Å²) in [5.74, 6) is 0.0898. The first-order chi connectivity index (χ1) is 14.3. The first kappa shape index (κ1) is 21.9. The van der Waals surface area contributed by atoms with Crippen molar-refractivity contribution >= 4 is 52.4 Å². The molecule has 0 spiro atoms. The van der Waals surface area contributed by atoms with Crippen molar-refractivity contribution in [3.05, 3.63) is 68.7 Å². The molecule has 156 valence electrons. The number of ether oxygens (including phenoxy) is 2. The Hall–Kier alpha value is -2.81. The molecule has 3 rings (SSSR count). The molecular weight excluding hydrogens is 457 g/mol. The van der Waals surface area contributed by atoms with E-state index in [1.54, 1.807) is 19.1 Å². The molecule has 2 aromatic carbocycles. The van der Waals surface area contributed by atoms with Gasteiger partial charge in [0.25, 0.3) is 5.91 Å². The molecular formula is C19H14Cl3N3O5. The zero-order valence-corrected chi connectivity index (χ0v) is 17.7. The summed E-state index contributed by atoms with van der Waals surface area (Å²) < 4.78 is 15.4. The average Bonchev–Trinajstić information content (AvgIpc) is 3.14. The molecule has 3 aromatic rings. The lowest BCUT2D eigenvalue weighted by Gasteiger charge is -2.09. The van der Waals surface area contributed by atoms with Gasteiger partial charge in [-0.15, -0.1) is 0 Å². The average molecular weight is 471 g/mol. The highest BCUT2D eigenvalue weighted by atomic mass is 35.5. The lowest BCUT2D eigenvalue weighted by Crippen LogP contribution is -2.21. The van der Waals surface area contributed by atoms with Gasteiger partial charge in [-0.2, -0.15) is 4.98 Å².